The minimum absolute atomic E-state index is 0.0136. The minimum atomic E-state index is -0.105. The first-order valence-corrected chi connectivity index (χ1v) is 10.3. The maximum atomic E-state index is 12.4. The molecule has 154 valence electrons. The van der Waals surface area contributed by atoms with Crippen LogP contribution in [-0.2, 0) is 17.9 Å². The van der Waals surface area contributed by atoms with E-state index in [9.17, 15) is 9.59 Å². The number of benzene rings is 3. The molecule has 0 unspecified atom stereocenters. The monoisotopic (exact) mass is 401 g/mol. The van der Waals surface area contributed by atoms with Gasteiger partial charge in [-0.2, -0.15) is 0 Å². The van der Waals surface area contributed by atoms with Crippen LogP contribution in [0.5, 0.6) is 0 Å². The number of nitrogens with one attached hydrogen (secondary N) is 2. The zero-order valence-electron chi connectivity index (χ0n) is 17.7. The van der Waals surface area contributed by atoms with Gasteiger partial charge in [-0.3, -0.25) is 9.59 Å². The molecule has 0 fully saturated rings. The zero-order chi connectivity index (χ0) is 21.3. The maximum absolute atomic E-state index is 12.4. The number of quaternary nitrogens is 1. The third kappa shape index (κ3) is 6.39. The van der Waals surface area contributed by atoms with Gasteiger partial charge in [0, 0.05) is 30.5 Å². The number of Topliss-reactive ketones (excluding diaryl/α,β-unsaturated/α-hetero) is 1. The number of hydrogen-bond donors (Lipinski definition) is 2. The molecule has 0 aliphatic heterocycles. The van der Waals surface area contributed by atoms with Crippen LogP contribution < -0.4 is 10.2 Å². The molecule has 1 amide bonds. The van der Waals surface area contributed by atoms with Crippen LogP contribution in [0.15, 0.2) is 78.9 Å². The Kier molecular flexibility index (Phi) is 7.52. The van der Waals surface area contributed by atoms with Gasteiger partial charge in [-0.1, -0.05) is 78.9 Å². The van der Waals surface area contributed by atoms with E-state index in [2.05, 4.69) is 31.5 Å². The van der Waals surface area contributed by atoms with Crippen molar-refractivity contribution in [2.45, 2.75) is 25.9 Å². The summed E-state index contributed by atoms with van der Waals surface area (Å²) in [7, 11) is 4.24. The minimum Gasteiger partial charge on any atom is -0.352 e. The van der Waals surface area contributed by atoms with Gasteiger partial charge in [-0.15, -0.1) is 0 Å². The summed E-state index contributed by atoms with van der Waals surface area (Å²) in [6.07, 6.45) is 0.405. The Morgan fingerprint density at radius 2 is 1.33 bits per heavy atom. The third-order valence-electron chi connectivity index (χ3n) is 4.96. The van der Waals surface area contributed by atoms with E-state index in [4.69, 9.17) is 0 Å². The molecule has 3 aromatic carbocycles. The molecule has 4 nitrogen and oxygen atoms in total. The second-order valence-corrected chi connectivity index (χ2v) is 7.84. The highest BCUT2D eigenvalue weighted by atomic mass is 16.2. The molecule has 3 rings (SSSR count). The molecule has 0 heterocycles. The van der Waals surface area contributed by atoms with Gasteiger partial charge < -0.3 is 10.2 Å². The molecule has 3 aromatic rings. The van der Waals surface area contributed by atoms with Crippen molar-refractivity contribution in [2.75, 3.05) is 14.1 Å². The van der Waals surface area contributed by atoms with Crippen molar-refractivity contribution in [2.24, 2.45) is 0 Å². The summed E-state index contributed by atoms with van der Waals surface area (Å²) < 4.78 is 0. The molecule has 0 bridgehead atoms. The van der Waals surface area contributed by atoms with E-state index in [0.29, 0.717) is 12.1 Å². The van der Waals surface area contributed by atoms with Gasteiger partial charge in [0.05, 0.1) is 14.1 Å². The van der Waals surface area contributed by atoms with Gasteiger partial charge in [0.1, 0.15) is 6.54 Å². The predicted octanol–water partition coefficient (Wildman–Crippen LogP) is 3.28. The Balaban J connectivity index is 1.44. The summed E-state index contributed by atoms with van der Waals surface area (Å²) in [6.45, 7) is 1.45. The molecule has 0 saturated heterocycles. The van der Waals surface area contributed by atoms with Crippen LogP contribution in [0, 0.1) is 0 Å². The van der Waals surface area contributed by atoms with E-state index in [0.717, 1.165) is 23.2 Å². The fourth-order valence-corrected chi connectivity index (χ4v) is 3.32. The van der Waals surface area contributed by atoms with E-state index in [1.54, 1.807) is 0 Å². The Morgan fingerprint density at radius 1 is 0.733 bits per heavy atom. The van der Waals surface area contributed by atoms with Gasteiger partial charge >= 0.3 is 0 Å². The van der Waals surface area contributed by atoms with Crippen molar-refractivity contribution < 1.29 is 14.5 Å². The topological polar surface area (TPSA) is 50.6 Å². The average molecular weight is 402 g/mol. The number of amides is 1. The standard InChI is InChI=1S/C26H28N2O2/c1-28(2)19-21-10-8-20(9-11-21)18-27-26(30)17-16-25(29)24-14-12-23(13-15-24)22-6-4-3-5-7-22/h3-15H,16-19H2,1-2H3,(H,27,30)/p+1. The number of carbonyl (C=O) groups is 2. The summed E-state index contributed by atoms with van der Waals surface area (Å²) >= 11 is 0. The van der Waals surface area contributed by atoms with Crippen LogP contribution in [0.2, 0.25) is 0 Å². The molecular formula is C26H29N2O2+. The molecule has 2 N–H and O–H groups in total. The lowest BCUT2D eigenvalue weighted by Crippen LogP contribution is -3.04. The predicted molar refractivity (Wildman–Crippen MR) is 120 cm³/mol. The summed E-state index contributed by atoms with van der Waals surface area (Å²) in [6, 6.07) is 25.9. The second kappa shape index (κ2) is 10.5. The summed E-state index contributed by atoms with van der Waals surface area (Å²) in [5.41, 5.74) is 5.16. The lowest BCUT2D eigenvalue weighted by atomic mass is 10.0. The fourth-order valence-electron chi connectivity index (χ4n) is 3.32. The Bertz CT molecular complexity index is 962. The summed E-state index contributed by atoms with van der Waals surface area (Å²) in [5.74, 6) is -0.119. The molecule has 0 aliphatic rings. The van der Waals surface area contributed by atoms with E-state index < -0.39 is 0 Å². The fraction of sp³-hybridized carbons (Fsp3) is 0.231. The van der Waals surface area contributed by atoms with Crippen molar-refractivity contribution in [1.29, 1.82) is 0 Å². The van der Waals surface area contributed by atoms with E-state index in [1.807, 2.05) is 66.7 Å². The number of hydrogen-bond acceptors (Lipinski definition) is 2. The smallest absolute Gasteiger partial charge is 0.220 e. The summed E-state index contributed by atoms with van der Waals surface area (Å²) in [4.78, 5) is 25.9. The van der Waals surface area contributed by atoms with Crippen LogP contribution >= 0.6 is 0 Å². The first-order valence-electron chi connectivity index (χ1n) is 10.3. The highest BCUT2D eigenvalue weighted by Gasteiger charge is 2.10. The number of ketones is 1. The SMILES string of the molecule is C[NH+](C)Cc1ccc(CNC(=O)CCC(=O)c2ccc(-c3ccccc3)cc2)cc1. The van der Waals surface area contributed by atoms with Crippen LogP contribution in [0.1, 0.15) is 34.3 Å². The largest absolute Gasteiger partial charge is 0.352 e. The van der Waals surface area contributed by atoms with Crippen LogP contribution in [0.25, 0.3) is 11.1 Å². The highest BCUT2D eigenvalue weighted by molar-refractivity contribution is 5.98. The van der Waals surface area contributed by atoms with E-state index in [1.165, 1.54) is 10.5 Å². The van der Waals surface area contributed by atoms with E-state index >= 15 is 0 Å². The average Bonchev–Trinajstić information content (AvgIpc) is 2.77. The molecular weight excluding hydrogens is 372 g/mol. The molecule has 4 heteroatoms. The summed E-state index contributed by atoms with van der Waals surface area (Å²) in [5, 5.41) is 2.90. The van der Waals surface area contributed by atoms with E-state index in [-0.39, 0.29) is 24.5 Å². The number of carbonyl (C=O) groups excluding carboxylic acids is 2. The van der Waals surface area contributed by atoms with Gasteiger partial charge in [0.2, 0.25) is 5.91 Å². The molecule has 0 aromatic heterocycles. The Hall–Kier alpha value is -3.24. The molecule has 30 heavy (non-hydrogen) atoms. The van der Waals surface area contributed by atoms with Crippen molar-refractivity contribution >= 4 is 11.7 Å². The zero-order valence-corrected chi connectivity index (χ0v) is 17.7. The molecule has 0 spiro atoms. The van der Waals surface area contributed by atoms with Crippen molar-refractivity contribution in [3.63, 3.8) is 0 Å². The van der Waals surface area contributed by atoms with Gasteiger partial charge in [0.25, 0.3) is 0 Å². The van der Waals surface area contributed by atoms with Gasteiger partial charge in [-0.05, 0) is 16.7 Å². The lowest BCUT2D eigenvalue weighted by Gasteiger charge is -2.09. The highest BCUT2D eigenvalue weighted by Crippen LogP contribution is 2.20. The van der Waals surface area contributed by atoms with Gasteiger partial charge in [-0.25, -0.2) is 0 Å². The first-order chi connectivity index (χ1) is 14.5. The number of rotatable bonds is 9. The van der Waals surface area contributed by atoms with Crippen LogP contribution in [0.3, 0.4) is 0 Å². The molecule has 0 aliphatic carbocycles. The van der Waals surface area contributed by atoms with Crippen molar-refractivity contribution in [3.8, 4) is 11.1 Å². The lowest BCUT2D eigenvalue weighted by molar-refractivity contribution is -0.872. The van der Waals surface area contributed by atoms with Crippen molar-refractivity contribution in [3.05, 3.63) is 95.6 Å². The molecule has 0 atom stereocenters. The Morgan fingerprint density at radius 3 is 1.97 bits per heavy atom. The third-order valence-corrected chi connectivity index (χ3v) is 4.96. The molecule has 0 saturated carbocycles. The van der Waals surface area contributed by atoms with Crippen LogP contribution in [-0.4, -0.2) is 25.8 Å². The normalized spacial score (nSPS) is 10.8. The Labute approximate surface area is 178 Å². The second-order valence-electron chi connectivity index (χ2n) is 7.84. The van der Waals surface area contributed by atoms with Crippen LogP contribution in [0.4, 0.5) is 0 Å². The first kappa shape index (κ1) is 21.5. The van der Waals surface area contributed by atoms with Gasteiger partial charge in [0.15, 0.2) is 5.78 Å². The van der Waals surface area contributed by atoms with Crippen molar-refractivity contribution in [1.82, 2.24) is 5.32 Å². The maximum Gasteiger partial charge on any atom is 0.220 e. The quantitative estimate of drug-likeness (QED) is 0.541. The molecule has 0 radical (unpaired) electrons.